The maximum Gasteiger partial charge on any atom is 0.181 e. The predicted octanol–water partition coefficient (Wildman–Crippen LogP) is 2.88. The van der Waals surface area contributed by atoms with Crippen LogP contribution in [-0.2, 0) is 0 Å². The van der Waals surface area contributed by atoms with Crippen molar-refractivity contribution in [3.63, 3.8) is 0 Å². The van der Waals surface area contributed by atoms with Gasteiger partial charge in [-0.05, 0) is 30.7 Å². The number of rotatable bonds is 2. The minimum absolute atomic E-state index is 0.697. The first-order chi connectivity index (χ1) is 9.15. The van der Waals surface area contributed by atoms with Crippen molar-refractivity contribution in [2.75, 3.05) is 17.7 Å². The van der Waals surface area contributed by atoms with E-state index in [0.29, 0.717) is 5.69 Å². The van der Waals surface area contributed by atoms with E-state index >= 15 is 0 Å². The first-order valence-electron chi connectivity index (χ1n) is 5.94. The second kappa shape index (κ2) is 4.28. The van der Waals surface area contributed by atoms with Crippen molar-refractivity contribution in [3.8, 4) is 0 Å². The molecule has 5 nitrogen and oxygen atoms in total. The summed E-state index contributed by atoms with van der Waals surface area (Å²) >= 11 is 0. The Morgan fingerprint density at radius 1 is 1.21 bits per heavy atom. The lowest BCUT2D eigenvalue weighted by molar-refractivity contribution is 0.602. The number of pyridine rings is 1. The van der Waals surface area contributed by atoms with E-state index < -0.39 is 0 Å². The van der Waals surface area contributed by atoms with E-state index in [0.717, 1.165) is 28.2 Å². The molecule has 2 heterocycles. The Bertz CT molecular complexity index is 735. The lowest BCUT2D eigenvalue weighted by atomic mass is 10.2. The molecule has 0 aliphatic heterocycles. The fraction of sp³-hybridized carbons (Fsp3) is 0.143. The van der Waals surface area contributed by atoms with E-state index in [9.17, 15) is 0 Å². The van der Waals surface area contributed by atoms with E-state index in [4.69, 9.17) is 10.2 Å². The molecule has 96 valence electrons. The minimum Gasteiger partial charge on any atom is -0.443 e. The van der Waals surface area contributed by atoms with Crippen LogP contribution < -0.4 is 10.6 Å². The van der Waals surface area contributed by atoms with E-state index in [1.165, 1.54) is 6.39 Å². The van der Waals surface area contributed by atoms with Gasteiger partial charge < -0.3 is 15.1 Å². The molecule has 0 aliphatic rings. The van der Waals surface area contributed by atoms with Crippen LogP contribution in [-0.4, -0.2) is 17.0 Å². The highest BCUT2D eigenvalue weighted by Crippen LogP contribution is 2.26. The number of nitrogens with zero attached hydrogens (tertiary/aromatic N) is 3. The van der Waals surface area contributed by atoms with Gasteiger partial charge in [0, 0.05) is 18.8 Å². The predicted molar refractivity (Wildman–Crippen MR) is 75.5 cm³/mol. The first-order valence-corrected chi connectivity index (χ1v) is 5.94. The van der Waals surface area contributed by atoms with Crippen molar-refractivity contribution in [2.24, 2.45) is 0 Å². The van der Waals surface area contributed by atoms with E-state index in [-0.39, 0.29) is 0 Å². The molecule has 2 aromatic heterocycles. The van der Waals surface area contributed by atoms with Crippen LogP contribution in [0.25, 0.3) is 11.1 Å². The summed E-state index contributed by atoms with van der Waals surface area (Å²) in [5.41, 5.74) is 10.1. The number of anilines is 3. The number of oxazole rings is 1. The number of benzene rings is 1. The molecule has 0 saturated carbocycles. The van der Waals surface area contributed by atoms with E-state index in [1.807, 2.05) is 43.1 Å². The number of hydrogen-bond acceptors (Lipinski definition) is 5. The molecule has 2 N–H and O–H groups in total. The van der Waals surface area contributed by atoms with Crippen LogP contribution in [0.15, 0.2) is 41.3 Å². The van der Waals surface area contributed by atoms with Crippen molar-refractivity contribution in [1.29, 1.82) is 0 Å². The maximum absolute atomic E-state index is 5.78. The molecule has 1 aromatic carbocycles. The van der Waals surface area contributed by atoms with Gasteiger partial charge in [-0.1, -0.05) is 0 Å². The average Bonchev–Trinajstić information content (AvgIpc) is 2.88. The molecule has 3 aromatic rings. The summed E-state index contributed by atoms with van der Waals surface area (Å²) in [7, 11) is 1.95. The van der Waals surface area contributed by atoms with Gasteiger partial charge in [-0.2, -0.15) is 0 Å². The second-order valence-electron chi connectivity index (χ2n) is 4.46. The SMILES string of the molecule is Cc1cc(N(C)c2ccc3ncoc3c2)ncc1N. The quantitative estimate of drug-likeness (QED) is 0.761. The zero-order valence-electron chi connectivity index (χ0n) is 10.8. The van der Waals surface area contributed by atoms with Crippen LogP contribution in [0, 0.1) is 6.92 Å². The smallest absolute Gasteiger partial charge is 0.181 e. The van der Waals surface area contributed by atoms with Gasteiger partial charge in [-0.3, -0.25) is 0 Å². The molecular weight excluding hydrogens is 240 g/mol. The molecule has 0 saturated heterocycles. The Balaban J connectivity index is 2.01. The van der Waals surface area contributed by atoms with Crippen LogP contribution in [0.4, 0.5) is 17.2 Å². The number of fused-ring (bicyclic) bond motifs is 1. The van der Waals surface area contributed by atoms with Gasteiger partial charge in [0.05, 0.1) is 11.9 Å². The van der Waals surface area contributed by atoms with Crippen LogP contribution in [0.3, 0.4) is 0 Å². The number of nitrogens with two attached hydrogens (primary N) is 1. The Hall–Kier alpha value is -2.56. The third kappa shape index (κ3) is 1.99. The van der Waals surface area contributed by atoms with Crippen LogP contribution in [0.2, 0.25) is 0 Å². The monoisotopic (exact) mass is 254 g/mol. The number of hydrogen-bond donors (Lipinski definition) is 1. The molecule has 0 unspecified atom stereocenters. The third-order valence-corrected chi connectivity index (χ3v) is 3.18. The molecule has 0 spiro atoms. The molecule has 19 heavy (non-hydrogen) atoms. The molecular formula is C14H14N4O. The summed E-state index contributed by atoms with van der Waals surface area (Å²) in [5, 5.41) is 0. The lowest BCUT2D eigenvalue weighted by Crippen LogP contribution is -2.11. The largest absolute Gasteiger partial charge is 0.443 e. The van der Waals surface area contributed by atoms with Gasteiger partial charge in [-0.25, -0.2) is 9.97 Å². The molecule has 0 atom stereocenters. The van der Waals surface area contributed by atoms with Crippen molar-refractivity contribution in [3.05, 3.63) is 42.4 Å². The third-order valence-electron chi connectivity index (χ3n) is 3.18. The Morgan fingerprint density at radius 2 is 2.05 bits per heavy atom. The van der Waals surface area contributed by atoms with Gasteiger partial charge >= 0.3 is 0 Å². The average molecular weight is 254 g/mol. The summed E-state index contributed by atoms with van der Waals surface area (Å²) in [6, 6.07) is 7.81. The molecule has 0 fully saturated rings. The Morgan fingerprint density at radius 3 is 2.84 bits per heavy atom. The summed E-state index contributed by atoms with van der Waals surface area (Å²) in [4.78, 5) is 10.4. The van der Waals surface area contributed by atoms with E-state index in [2.05, 4.69) is 9.97 Å². The molecule has 3 rings (SSSR count). The van der Waals surface area contributed by atoms with Gasteiger partial charge in [-0.15, -0.1) is 0 Å². The van der Waals surface area contributed by atoms with E-state index in [1.54, 1.807) is 6.20 Å². The van der Waals surface area contributed by atoms with Gasteiger partial charge in [0.15, 0.2) is 12.0 Å². The fourth-order valence-corrected chi connectivity index (χ4v) is 1.92. The maximum atomic E-state index is 5.78. The highest BCUT2D eigenvalue weighted by Gasteiger charge is 2.08. The Kier molecular flexibility index (Phi) is 2.59. The van der Waals surface area contributed by atoms with Crippen molar-refractivity contribution in [2.45, 2.75) is 6.92 Å². The van der Waals surface area contributed by atoms with Crippen LogP contribution >= 0.6 is 0 Å². The van der Waals surface area contributed by atoms with Gasteiger partial charge in [0.25, 0.3) is 0 Å². The lowest BCUT2D eigenvalue weighted by Gasteiger charge is -2.18. The minimum atomic E-state index is 0.697. The highest BCUT2D eigenvalue weighted by atomic mass is 16.3. The first kappa shape index (κ1) is 11.5. The molecule has 0 bridgehead atoms. The highest BCUT2D eigenvalue weighted by molar-refractivity contribution is 5.78. The Labute approximate surface area is 110 Å². The van der Waals surface area contributed by atoms with Crippen molar-refractivity contribution < 1.29 is 4.42 Å². The van der Waals surface area contributed by atoms with Crippen LogP contribution in [0.5, 0.6) is 0 Å². The van der Waals surface area contributed by atoms with Crippen LogP contribution in [0.1, 0.15) is 5.56 Å². The molecule has 0 aliphatic carbocycles. The fourth-order valence-electron chi connectivity index (χ4n) is 1.92. The summed E-state index contributed by atoms with van der Waals surface area (Å²) in [6.45, 7) is 1.97. The normalized spacial score (nSPS) is 10.8. The van der Waals surface area contributed by atoms with Gasteiger partial charge in [0.1, 0.15) is 11.3 Å². The number of aromatic nitrogens is 2. The molecule has 5 heteroatoms. The summed E-state index contributed by atoms with van der Waals surface area (Å²) in [5.74, 6) is 0.838. The van der Waals surface area contributed by atoms with Gasteiger partial charge in [0.2, 0.25) is 0 Å². The molecule has 0 radical (unpaired) electrons. The topological polar surface area (TPSA) is 68.2 Å². The number of aryl methyl sites for hydroxylation is 1. The zero-order chi connectivity index (χ0) is 13.4. The van der Waals surface area contributed by atoms with Crippen molar-refractivity contribution in [1.82, 2.24) is 9.97 Å². The number of nitrogen functional groups attached to an aromatic ring is 1. The zero-order valence-corrected chi connectivity index (χ0v) is 10.8. The van der Waals surface area contributed by atoms with Crippen molar-refractivity contribution >= 4 is 28.3 Å². The molecule has 0 amide bonds. The summed E-state index contributed by atoms with van der Waals surface area (Å²) < 4.78 is 5.31. The summed E-state index contributed by atoms with van der Waals surface area (Å²) in [6.07, 6.45) is 3.12. The second-order valence-corrected chi connectivity index (χ2v) is 4.46. The standard InChI is InChI=1S/C14H14N4O/c1-9-5-14(16-7-11(9)15)18(2)10-3-4-12-13(6-10)19-8-17-12/h3-8H,15H2,1-2H3.